The second kappa shape index (κ2) is 11.2. The van der Waals surface area contributed by atoms with Crippen LogP contribution in [-0.2, 0) is 20.3 Å². The van der Waals surface area contributed by atoms with Crippen LogP contribution in [0, 0.1) is 13.8 Å². The molecule has 0 fully saturated rings. The minimum absolute atomic E-state index is 0.181. The summed E-state index contributed by atoms with van der Waals surface area (Å²) < 4.78 is 46.0. The van der Waals surface area contributed by atoms with E-state index in [1.165, 1.54) is 27.5 Å². The van der Waals surface area contributed by atoms with Gasteiger partial charge >= 0.3 is 0 Å². The number of pyridine rings is 1. The first kappa shape index (κ1) is 27.1. The van der Waals surface area contributed by atoms with E-state index >= 15 is 0 Å². The van der Waals surface area contributed by atoms with Gasteiger partial charge in [0.2, 0.25) is 0 Å². The number of hydrogen-bond acceptors (Lipinski definition) is 10. The molecule has 3 heterocycles. The predicted molar refractivity (Wildman–Crippen MR) is 141 cm³/mol. The van der Waals surface area contributed by atoms with Crippen molar-refractivity contribution >= 4 is 9.84 Å². The second-order valence-corrected chi connectivity index (χ2v) is 11.1. The Balaban J connectivity index is 1.84. The number of aromatic nitrogens is 6. The van der Waals surface area contributed by atoms with E-state index in [1.54, 1.807) is 55.2 Å². The van der Waals surface area contributed by atoms with Crippen molar-refractivity contribution in [2.45, 2.75) is 37.9 Å². The molecule has 0 aliphatic heterocycles. The van der Waals surface area contributed by atoms with Gasteiger partial charge in [-0.1, -0.05) is 6.07 Å². The van der Waals surface area contributed by atoms with Crippen LogP contribution in [0.5, 0.6) is 11.5 Å². The first-order chi connectivity index (χ1) is 18.2. The number of benzene rings is 1. The molecule has 4 rings (SSSR count). The maximum Gasteiger partial charge on any atom is 0.170 e. The molecule has 0 bridgehead atoms. The quantitative estimate of drug-likeness (QED) is 0.296. The molecule has 0 saturated heterocycles. The number of aryl methyl sites for hydroxylation is 2. The van der Waals surface area contributed by atoms with Crippen molar-refractivity contribution in [3.63, 3.8) is 0 Å². The lowest BCUT2D eigenvalue weighted by molar-refractivity contribution is 0.0983. The second-order valence-electron chi connectivity index (χ2n) is 8.79. The monoisotopic (exact) mass is 538 g/mol. The normalized spacial score (nSPS) is 13.2. The van der Waals surface area contributed by atoms with E-state index in [0.717, 1.165) is 11.3 Å². The third-order valence-electron chi connectivity index (χ3n) is 6.16. The summed E-state index contributed by atoms with van der Waals surface area (Å²) in [5.74, 6) is 1.07. The molecule has 11 nitrogen and oxygen atoms in total. The standard InChI is InChI=1S/C26H30N6O5S/c1-16-10-19(13-27-11-16)26-31-30-23(32(26)24-21(35-4)8-7-9-22(24)36-5)15-38(33,34)18(3)25(37-6)20-14-28-17(2)12-29-20/h7-14,18,25H,15H2,1-6H3/t18-,25+/m0/s1. The highest BCUT2D eigenvalue weighted by atomic mass is 32.2. The third-order valence-corrected chi connectivity index (χ3v) is 8.20. The van der Waals surface area contributed by atoms with Crippen molar-refractivity contribution in [3.8, 4) is 28.6 Å². The third kappa shape index (κ3) is 5.36. The van der Waals surface area contributed by atoms with E-state index in [0.29, 0.717) is 34.3 Å². The molecule has 0 radical (unpaired) electrons. The number of nitrogens with zero attached hydrogens (tertiary/aromatic N) is 6. The van der Waals surface area contributed by atoms with E-state index in [4.69, 9.17) is 14.2 Å². The fourth-order valence-corrected chi connectivity index (χ4v) is 5.60. The van der Waals surface area contributed by atoms with E-state index < -0.39 is 26.9 Å². The highest BCUT2D eigenvalue weighted by Gasteiger charge is 2.34. The molecule has 0 N–H and O–H groups in total. The minimum Gasteiger partial charge on any atom is -0.494 e. The zero-order chi connectivity index (χ0) is 27.4. The van der Waals surface area contributed by atoms with Gasteiger partial charge in [0.25, 0.3) is 0 Å². The van der Waals surface area contributed by atoms with Crippen LogP contribution in [0.4, 0.5) is 0 Å². The zero-order valence-corrected chi connectivity index (χ0v) is 22.9. The van der Waals surface area contributed by atoms with Crippen molar-refractivity contribution in [2.75, 3.05) is 21.3 Å². The number of hydrogen-bond donors (Lipinski definition) is 0. The lowest BCUT2D eigenvalue weighted by atomic mass is 10.2. The molecule has 2 atom stereocenters. The predicted octanol–water partition coefficient (Wildman–Crippen LogP) is 3.44. The van der Waals surface area contributed by atoms with Gasteiger partial charge < -0.3 is 14.2 Å². The summed E-state index contributed by atoms with van der Waals surface area (Å²) in [4.78, 5) is 12.8. The van der Waals surface area contributed by atoms with Gasteiger partial charge in [-0.05, 0) is 44.5 Å². The summed E-state index contributed by atoms with van der Waals surface area (Å²) >= 11 is 0. The van der Waals surface area contributed by atoms with Gasteiger partial charge in [0.1, 0.15) is 29.0 Å². The summed E-state index contributed by atoms with van der Waals surface area (Å²) in [6, 6.07) is 7.19. The van der Waals surface area contributed by atoms with Crippen molar-refractivity contribution in [3.05, 3.63) is 71.8 Å². The Morgan fingerprint density at radius 2 is 1.66 bits per heavy atom. The Morgan fingerprint density at radius 3 is 2.24 bits per heavy atom. The molecule has 38 heavy (non-hydrogen) atoms. The van der Waals surface area contributed by atoms with Crippen LogP contribution in [0.1, 0.15) is 35.8 Å². The molecule has 1 aromatic carbocycles. The lowest BCUT2D eigenvalue weighted by Crippen LogP contribution is -2.29. The van der Waals surface area contributed by atoms with Crippen molar-refractivity contribution in [1.82, 2.24) is 29.7 Å². The Kier molecular flexibility index (Phi) is 8.02. The average Bonchev–Trinajstić information content (AvgIpc) is 3.31. The molecule has 0 aliphatic rings. The molecule has 4 aromatic rings. The van der Waals surface area contributed by atoms with Crippen LogP contribution in [0.3, 0.4) is 0 Å². The van der Waals surface area contributed by atoms with Crippen LogP contribution in [0.25, 0.3) is 17.1 Å². The van der Waals surface area contributed by atoms with E-state index in [1.807, 2.05) is 13.0 Å². The number of ether oxygens (including phenoxy) is 3. The van der Waals surface area contributed by atoms with Crippen LogP contribution < -0.4 is 9.47 Å². The fourth-order valence-electron chi connectivity index (χ4n) is 4.16. The van der Waals surface area contributed by atoms with Gasteiger partial charge in [-0.3, -0.25) is 19.5 Å². The van der Waals surface area contributed by atoms with E-state index in [-0.39, 0.29) is 5.82 Å². The largest absolute Gasteiger partial charge is 0.494 e. The zero-order valence-electron chi connectivity index (χ0n) is 22.1. The van der Waals surface area contributed by atoms with Crippen LogP contribution in [-0.4, -0.2) is 64.7 Å². The number of sulfone groups is 1. The van der Waals surface area contributed by atoms with E-state index in [2.05, 4.69) is 25.1 Å². The highest BCUT2D eigenvalue weighted by Crippen LogP contribution is 2.37. The van der Waals surface area contributed by atoms with Crippen molar-refractivity contribution in [1.29, 1.82) is 0 Å². The lowest BCUT2D eigenvalue weighted by Gasteiger charge is -2.22. The Morgan fingerprint density at radius 1 is 0.947 bits per heavy atom. The van der Waals surface area contributed by atoms with Gasteiger partial charge in [-0.2, -0.15) is 0 Å². The van der Waals surface area contributed by atoms with Gasteiger partial charge in [0.15, 0.2) is 21.5 Å². The number of methoxy groups -OCH3 is 3. The number of rotatable bonds is 10. The SMILES string of the molecule is COc1cccc(OC)c1-n1c(CS(=O)(=O)[C@@H](C)[C@@H](OC)c2cnc(C)cn2)nnc1-c1cncc(C)c1. The van der Waals surface area contributed by atoms with Crippen LogP contribution in [0.2, 0.25) is 0 Å². The average molecular weight is 539 g/mol. The molecule has 200 valence electrons. The molecule has 12 heteroatoms. The molecule has 0 unspecified atom stereocenters. The minimum atomic E-state index is -3.84. The summed E-state index contributed by atoms with van der Waals surface area (Å²) in [5.41, 5.74) is 3.19. The highest BCUT2D eigenvalue weighted by molar-refractivity contribution is 7.91. The smallest absolute Gasteiger partial charge is 0.170 e. The Labute approximate surface area is 221 Å². The van der Waals surface area contributed by atoms with E-state index in [9.17, 15) is 8.42 Å². The van der Waals surface area contributed by atoms with Gasteiger partial charge in [0.05, 0.1) is 37.1 Å². The summed E-state index contributed by atoms with van der Waals surface area (Å²) in [5, 5.41) is 7.73. The fraction of sp³-hybridized carbons (Fsp3) is 0.346. The van der Waals surface area contributed by atoms with Crippen LogP contribution in [0.15, 0.2) is 49.1 Å². The van der Waals surface area contributed by atoms with Crippen molar-refractivity contribution < 1.29 is 22.6 Å². The maximum absolute atomic E-state index is 13.7. The van der Waals surface area contributed by atoms with Gasteiger partial charge in [-0.15, -0.1) is 10.2 Å². The van der Waals surface area contributed by atoms with Gasteiger partial charge in [-0.25, -0.2) is 8.42 Å². The topological polar surface area (TPSA) is 131 Å². The summed E-state index contributed by atoms with van der Waals surface area (Å²) in [6.07, 6.45) is 5.65. The molecule has 0 spiro atoms. The molecule has 3 aromatic heterocycles. The molecular weight excluding hydrogens is 508 g/mol. The molecule has 0 aliphatic carbocycles. The first-order valence-corrected chi connectivity index (χ1v) is 13.5. The van der Waals surface area contributed by atoms with Crippen LogP contribution >= 0.6 is 0 Å². The van der Waals surface area contributed by atoms with Gasteiger partial charge in [0, 0.05) is 31.3 Å². The Bertz CT molecular complexity index is 1500. The van der Waals surface area contributed by atoms with Crippen molar-refractivity contribution in [2.24, 2.45) is 0 Å². The molecule has 0 saturated carbocycles. The Hall–Kier alpha value is -3.90. The summed E-state index contributed by atoms with van der Waals surface area (Å²) in [7, 11) is 0.662. The number of para-hydroxylation sites is 1. The molecule has 0 amide bonds. The first-order valence-electron chi connectivity index (χ1n) is 11.8. The molecular formula is C26H30N6O5S. The summed E-state index contributed by atoms with van der Waals surface area (Å²) in [6.45, 7) is 5.30. The maximum atomic E-state index is 13.7.